The number of alkyl halides is 3. The summed E-state index contributed by atoms with van der Waals surface area (Å²) in [6.45, 7) is 11.0. The van der Waals surface area contributed by atoms with Gasteiger partial charge in [-0.05, 0) is 48.7 Å². The molecule has 3 rings (SSSR count). The average molecular weight is 467 g/mol. The summed E-state index contributed by atoms with van der Waals surface area (Å²) in [6.07, 6.45) is -1.03. The third kappa shape index (κ3) is 5.69. The van der Waals surface area contributed by atoms with E-state index >= 15 is 0 Å². The fourth-order valence-electron chi connectivity index (χ4n) is 3.35. The summed E-state index contributed by atoms with van der Waals surface area (Å²) in [4.78, 5) is 3.32. The zero-order chi connectivity index (χ0) is 24.9. The summed E-state index contributed by atoms with van der Waals surface area (Å²) in [6, 6.07) is 12.3. The highest BCUT2D eigenvalue weighted by Crippen LogP contribution is 2.44. The molecule has 0 fully saturated rings. The third-order valence-electron chi connectivity index (χ3n) is 5.15. The van der Waals surface area contributed by atoms with Crippen molar-refractivity contribution < 1.29 is 22.6 Å². The average Bonchev–Trinajstić information content (AvgIpc) is 2.79. The van der Waals surface area contributed by atoms with Crippen LogP contribution in [0, 0.1) is 20.4 Å². The van der Waals surface area contributed by atoms with E-state index in [2.05, 4.69) is 10.2 Å². The largest absolute Gasteiger partial charge is 0.456 e. The first-order chi connectivity index (χ1) is 16.1. The van der Waals surface area contributed by atoms with Crippen LogP contribution in [0.3, 0.4) is 0 Å². The smallest absolute Gasteiger partial charge is 0.420 e. The van der Waals surface area contributed by atoms with Gasteiger partial charge in [0, 0.05) is 18.9 Å². The summed E-state index contributed by atoms with van der Waals surface area (Å²) in [5.41, 5.74) is 8.35. The van der Waals surface area contributed by atoms with E-state index in [9.17, 15) is 13.2 Å². The molecule has 176 valence electrons. The molecule has 0 unspecified atom stereocenters. The zero-order valence-corrected chi connectivity index (χ0v) is 19.0. The van der Waals surface area contributed by atoms with Crippen LogP contribution in [-0.4, -0.2) is 13.7 Å². The minimum Gasteiger partial charge on any atom is -0.456 e. The Balaban J connectivity index is 2.05. The quantitative estimate of drug-likeness (QED) is 0.277. The highest BCUT2D eigenvalue weighted by molar-refractivity contribution is 5.76. The normalized spacial score (nSPS) is 11.4. The number of ether oxygens (including phenoxy) is 2. The van der Waals surface area contributed by atoms with Crippen molar-refractivity contribution in [1.29, 1.82) is 0 Å². The SMILES string of the molecule is [C-]#[N+]c1ccc(Nc2cc(Oc3c(C)ccc(/C=C/COC)c3C)c(C(F)(F)F)cc2N)cc1. The second kappa shape index (κ2) is 10.3. The molecule has 0 heterocycles. The molecule has 5 nitrogen and oxygen atoms in total. The van der Waals surface area contributed by atoms with Crippen LogP contribution in [0.5, 0.6) is 11.5 Å². The van der Waals surface area contributed by atoms with Crippen molar-refractivity contribution in [3.8, 4) is 11.5 Å². The van der Waals surface area contributed by atoms with Gasteiger partial charge < -0.3 is 20.5 Å². The Kier molecular flexibility index (Phi) is 7.49. The van der Waals surface area contributed by atoms with Crippen LogP contribution < -0.4 is 15.8 Å². The van der Waals surface area contributed by atoms with E-state index in [1.807, 2.05) is 18.2 Å². The van der Waals surface area contributed by atoms with Crippen LogP contribution in [0.2, 0.25) is 0 Å². The second-order valence-electron chi connectivity index (χ2n) is 7.60. The third-order valence-corrected chi connectivity index (χ3v) is 5.15. The van der Waals surface area contributed by atoms with Crippen LogP contribution in [0.25, 0.3) is 10.9 Å². The summed E-state index contributed by atoms with van der Waals surface area (Å²) in [5.74, 6) is -0.0339. The maximum atomic E-state index is 13.8. The van der Waals surface area contributed by atoms with E-state index < -0.39 is 11.7 Å². The van der Waals surface area contributed by atoms with Gasteiger partial charge in [0.05, 0.1) is 24.6 Å². The fourth-order valence-corrected chi connectivity index (χ4v) is 3.35. The molecule has 0 saturated heterocycles. The van der Waals surface area contributed by atoms with Crippen molar-refractivity contribution in [3.63, 3.8) is 0 Å². The number of nitrogens with one attached hydrogen (secondary N) is 1. The van der Waals surface area contributed by atoms with Gasteiger partial charge >= 0.3 is 6.18 Å². The Morgan fingerprint density at radius 1 is 1.09 bits per heavy atom. The number of nitrogens with zero attached hydrogens (tertiary/aromatic N) is 1. The van der Waals surface area contributed by atoms with E-state index in [1.54, 1.807) is 51.3 Å². The first-order valence-electron chi connectivity index (χ1n) is 10.3. The fraction of sp³-hybridized carbons (Fsp3) is 0.192. The van der Waals surface area contributed by atoms with E-state index in [-0.39, 0.29) is 17.1 Å². The lowest BCUT2D eigenvalue weighted by atomic mass is 10.0. The molecule has 0 aromatic heterocycles. The zero-order valence-electron chi connectivity index (χ0n) is 19.0. The van der Waals surface area contributed by atoms with Crippen molar-refractivity contribution in [3.05, 3.63) is 88.3 Å². The predicted octanol–water partition coefficient (Wildman–Crippen LogP) is 7.65. The summed E-state index contributed by atoms with van der Waals surface area (Å²) in [7, 11) is 1.57. The van der Waals surface area contributed by atoms with Gasteiger partial charge in [0.1, 0.15) is 17.1 Å². The van der Waals surface area contributed by atoms with Gasteiger partial charge in [0.2, 0.25) is 0 Å². The topological polar surface area (TPSA) is 60.9 Å². The molecule has 3 aromatic carbocycles. The lowest BCUT2D eigenvalue weighted by molar-refractivity contribution is -0.138. The molecule has 0 aliphatic heterocycles. The highest BCUT2D eigenvalue weighted by atomic mass is 19.4. The molecule has 0 bridgehead atoms. The summed E-state index contributed by atoms with van der Waals surface area (Å²) < 4.78 is 52.5. The van der Waals surface area contributed by atoms with Gasteiger partial charge in [0.15, 0.2) is 5.69 Å². The molecular formula is C26H24F3N3O2. The minimum atomic E-state index is -4.67. The van der Waals surface area contributed by atoms with Gasteiger partial charge in [-0.25, -0.2) is 4.85 Å². The molecule has 0 amide bonds. The minimum absolute atomic E-state index is 0.0846. The van der Waals surface area contributed by atoms with Crippen molar-refractivity contribution >= 4 is 28.8 Å². The van der Waals surface area contributed by atoms with Gasteiger partial charge in [-0.15, -0.1) is 0 Å². The Bertz CT molecular complexity index is 1240. The van der Waals surface area contributed by atoms with Crippen LogP contribution in [0.1, 0.15) is 22.3 Å². The number of nitrogen functional groups attached to an aromatic ring is 1. The molecule has 34 heavy (non-hydrogen) atoms. The monoisotopic (exact) mass is 467 g/mol. The van der Waals surface area contributed by atoms with Crippen molar-refractivity contribution in [2.24, 2.45) is 0 Å². The van der Waals surface area contributed by atoms with Gasteiger partial charge in [-0.2, -0.15) is 13.2 Å². The molecule has 0 aliphatic rings. The molecule has 3 N–H and O–H groups in total. The van der Waals surface area contributed by atoms with E-state index in [0.29, 0.717) is 34.9 Å². The van der Waals surface area contributed by atoms with Crippen molar-refractivity contribution in [2.45, 2.75) is 20.0 Å². The van der Waals surface area contributed by atoms with Crippen LogP contribution in [-0.2, 0) is 10.9 Å². The van der Waals surface area contributed by atoms with E-state index in [1.165, 1.54) is 6.07 Å². The van der Waals surface area contributed by atoms with Crippen LogP contribution in [0.4, 0.5) is 35.9 Å². The lowest BCUT2D eigenvalue weighted by Gasteiger charge is -2.20. The molecule has 0 spiro atoms. The number of hydrogen-bond acceptors (Lipinski definition) is 4. The molecule has 8 heteroatoms. The van der Waals surface area contributed by atoms with E-state index in [4.69, 9.17) is 21.8 Å². The lowest BCUT2D eigenvalue weighted by Crippen LogP contribution is -2.10. The number of aryl methyl sites for hydroxylation is 1. The number of benzene rings is 3. The number of nitrogens with two attached hydrogens (primary N) is 1. The van der Waals surface area contributed by atoms with E-state index in [0.717, 1.165) is 11.6 Å². The second-order valence-corrected chi connectivity index (χ2v) is 7.60. The van der Waals surface area contributed by atoms with Crippen molar-refractivity contribution in [1.82, 2.24) is 0 Å². The first kappa shape index (κ1) is 24.7. The number of halogens is 3. The number of anilines is 3. The summed E-state index contributed by atoms with van der Waals surface area (Å²) in [5, 5.41) is 3.00. The molecule has 0 saturated carbocycles. The standard InChI is InChI=1S/C26H24F3N3O2/c1-16-7-8-18(6-5-13-33-4)17(2)25(16)34-24-15-23(22(30)14-21(24)26(27,28)29)32-20-11-9-19(31-3)10-12-20/h5-12,14-15,32H,13,30H2,1-2,4H3/b6-5+. The number of rotatable bonds is 7. The number of methoxy groups -OCH3 is 1. The molecule has 0 atom stereocenters. The van der Waals surface area contributed by atoms with Gasteiger partial charge in [0.25, 0.3) is 0 Å². The first-order valence-corrected chi connectivity index (χ1v) is 10.3. The Hall–Kier alpha value is -3.96. The molecule has 3 aromatic rings. The highest BCUT2D eigenvalue weighted by Gasteiger charge is 2.36. The maximum absolute atomic E-state index is 13.8. The summed E-state index contributed by atoms with van der Waals surface area (Å²) >= 11 is 0. The predicted molar refractivity (Wildman–Crippen MR) is 129 cm³/mol. The van der Waals surface area contributed by atoms with Gasteiger partial charge in [-0.1, -0.05) is 36.4 Å². The molecular weight excluding hydrogens is 443 g/mol. The molecule has 0 radical (unpaired) electrons. The Labute approximate surface area is 196 Å². The Morgan fingerprint density at radius 3 is 2.41 bits per heavy atom. The number of hydrogen-bond donors (Lipinski definition) is 2. The maximum Gasteiger partial charge on any atom is 0.420 e. The van der Waals surface area contributed by atoms with Crippen LogP contribution in [0.15, 0.2) is 54.6 Å². The van der Waals surface area contributed by atoms with Gasteiger partial charge in [-0.3, -0.25) is 0 Å². The molecule has 0 aliphatic carbocycles. The Morgan fingerprint density at radius 2 is 1.79 bits per heavy atom. The van der Waals surface area contributed by atoms with Crippen LogP contribution >= 0.6 is 0 Å². The van der Waals surface area contributed by atoms with Crippen molar-refractivity contribution in [2.75, 3.05) is 24.8 Å².